The molecule has 0 radical (unpaired) electrons. The molecule has 33 heavy (non-hydrogen) atoms. The number of hydrogen-bond donors (Lipinski definition) is 1. The fourth-order valence-electron chi connectivity index (χ4n) is 3.31. The highest BCUT2D eigenvalue weighted by molar-refractivity contribution is 7.21. The first-order valence-corrected chi connectivity index (χ1v) is 11.1. The topological polar surface area (TPSA) is 99.9 Å². The van der Waals surface area contributed by atoms with Gasteiger partial charge in [-0.25, -0.2) is 9.78 Å². The van der Waals surface area contributed by atoms with E-state index in [1.807, 2.05) is 37.3 Å². The number of amides is 1. The lowest BCUT2D eigenvalue weighted by molar-refractivity contribution is -0.118. The highest BCUT2D eigenvalue weighted by Crippen LogP contribution is 2.40. The summed E-state index contributed by atoms with van der Waals surface area (Å²) in [5.41, 5.74) is 1.37. The third-order valence-electron chi connectivity index (χ3n) is 4.74. The third kappa shape index (κ3) is 4.68. The van der Waals surface area contributed by atoms with E-state index in [9.17, 15) is 9.59 Å². The molecule has 0 saturated carbocycles. The Morgan fingerprint density at radius 1 is 1.06 bits per heavy atom. The molecule has 2 aromatic carbocycles. The van der Waals surface area contributed by atoms with Crippen molar-refractivity contribution in [1.82, 2.24) is 4.98 Å². The molecule has 1 N–H and O–H groups in total. The Hall–Kier alpha value is -3.85. The van der Waals surface area contributed by atoms with Gasteiger partial charge in [0.05, 0.1) is 29.5 Å². The van der Waals surface area contributed by atoms with Crippen molar-refractivity contribution in [2.45, 2.75) is 13.8 Å². The molecular formula is C24H22N2O6S. The van der Waals surface area contributed by atoms with Crippen LogP contribution in [0.3, 0.4) is 0 Å². The lowest BCUT2D eigenvalue weighted by atomic mass is 10.1. The Morgan fingerprint density at radius 3 is 2.45 bits per heavy atom. The van der Waals surface area contributed by atoms with Gasteiger partial charge in [0.1, 0.15) is 16.3 Å². The number of fused-ring (bicyclic) bond motifs is 1. The van der Waals surface area contributed by atoms with Crippen LogP contribution in [0, 0.1) is 6.92 Å². The van der Waals surface area contributed by atoms with Crippen LogP contribution >= 0.6 is 11.3 Å². The number of ether oxygens (including phenoxy) is 3. The molecule has 0 saturated heterocycles. The second-order valence-corrected chi connectivity index (χ2v) is 7.96. The van der Waals surface area contributed by atoms with Gasteiger partial charge in [-0.3, -0.25) is 10.1 Å². The number of aromatic nitrogens is 1. The molecule has 0 aliphatic carbocycles. The summed E-state index contributed by atoms with van der Waals surface area (Å²) in [5.74, 6) is 0.381. The molecule has 0 aliphatic heterocycles. The highest BCUT2D eigenvalue weighted by atomic mass is 32.1. The van der Waals surface area contributed by atoms with Gasteiger partial charge in [0.2, 0.25) is 5.88 Å². The predicted octanol–water partition coefficient (Wildman–Crippen LogP) is 5.07. The molecular weight excluding hydrogens is 444 g/mol. The predicted molar refractivity (Wildman–Crippen MR) is 125 cm³/mol. The quantitative estimate of drug-likeness (QED) is 0.362. The zero-order valence-corrected chi connectivity index (χ0v) is 19.2. The maximum atomic E-state index is 12.7. The minimum Gasteiger partial charge on any atom is -0.490 e. The number of rotatable bonds is 8. The number of benzene rings is 2. The molecule has 2 aromatic heterocycles. The SMILES string of the molecule is CCOc1ccccc1OCC(=O)Nc1oc(C)c(C(=O)OC)c1-c1nc2ccccc2s1. The molecule has 170 valence electrons. The second kappa shape index (κ2) is 9.74. The largest absolute Gasteiger partial charge is 0.490 e. The van der Waals surface area contributed by atoms with Crippen molar-refractivity contribution in [3.63, 3.8) is 0 Å². The Labute approximate surface area is 194 Å². The number of para-hydroxylation sites is 3. The van der Waals surface area contributed by atoms with Crippen LogP contribution in [0.25, 0.3) is 20.8 Å². The summed E-state index contributed by atoms with van der Waals surface area (Å²) in [6, 6.07) is 14.7. The van der Waals surface area contributed by atoms with E-state index in [2.05, 4.69) is 10.3 Å². The molecule has 9 heteroatoms. The summed E-state index contributed by atoms with van der Waals surface area (Å²) < 4.78 is 22.8. The molecule has 0 aliphatic rings. The van der Waals surface area contributed by atoms with Gasteiger partial charge in [-0.05, 0) is 38.1 Å². The Balaban J connectivity index is 1.62. The van der Waals surface area contributed by atoms with Gasteiger partial charge >= 0.3 is 5.97 Å². The van der Waals surface area contributed by atoms with E-state index in [0.717, 1.165) is 10.2 Å². The van der Waals surface area contributed by atoms with E-state index in [4.69, 9.17) is 18.6 Å². The second-order valence-electron chi connectivity index (χ2n) is 6.93. The number of carbonyl (C=O) groups excluding carboxylic acids is 2. The lowest BCUT2D eigenvalue weighted by Crippen LogP contribution is -2.20. The number of carbonyl (C=O) groups is 2. The van der Waals surface area contributed by atoms with Crippen LogP contribution in [-0.4, -0.2) is 37.2 Å². The fraction of sp³-hybridized carbons (Fsp3) is 0.208. The van der Waals surface area contributed by atoms with Gasteiger partial charge in [0.25, 0.3) is 5.91 Å². The lowest BCUT2D eigenvalue weighted by Gasteiger charge is -2.11. The molecule has 0 bridgehead atoms. The van der Waals surface area contributed by atoms with E-state index >= 15 is 0 Å². The monoisotopic (exact) mass is 466 g/mol. The first-order valence-electron chi connectivity index (χ1n) is 10.2. The van der Waals surface area contributed by atoms with Crippen LogP contribution in [-0.2, 0) is 9.53 Å². The van der Waals surface area contributed by atoms with Crippen molar-refractivity contribution in [3.8, 4) is 22.1 Å². The summed E-state index contributed by atoms with van der Waals surface area (Å²) in [5, 5.41) is 3.24. The number of esters is 1. The smallest absolute Gasteiger partial charge is 0.342 e. The van der Waals surface area contributed by atoms with E-state index in [0.29, 0.717) is 34.4 Å². The standard InChI is InChI=1S/C24H22N2O6S/c1-4-30-16-10-6-7-11-17(16)31-13-19(27)26-22-21(20(14(2)32-22)24(28)29-3)23-25-15-9-5-8-12-18(15)33-23/h5-12H,4,13H2,1-3H3,(H,26,27). The maximum Gasteiger partial charge on any atom is 0.342 e. The van der Waals surface area contributed by atoms with Crippen molar-refractivity contribution in [2.24, 2.45) is 0 Å². The number of methoxy groups -OCH3 is 1. The average molecular weight is 467 g/mol. The number of thiazole rings is 1. The molecule has 0 spiro atoms. The number of aryl methyl sites for hydroxylation is 1. The Kier molecular flexibility index (Phi) is 6.60. The fourth-order valence-corrected chi connectivity index (χ4v) is 4.33. The molecule has 4 rings (SSSR count). The van der Waals surface area contributed by atoms with E-state index in [1.54, 1.807) is 25.1 Å². The zero-order chi connectivity index (χ0) is 23.4. The van der Waals surface area contributed by atoms with Gasteiger partial charge in [0, 0.05) is 0 Å². The van der Waals surface area contributed by atoms with Gasteiger partial charge in [-0.15, -0.1) is 11.3 Å². The summed E-state index contributed by atoms with van der Waals surface area (Å²) in [7, 11) is 1.29. The average Bonchev–Trinajstić information content (AvgIpc) is 3.38. The highest BCUT2D eigenvalue weighted by Gasteiger charge is 2.28. The molecule has 0 atom stereocenters. The summed E-state index contributed by atoms with van der Waals surface area (Å²) in [4.78, 5) is 29.8. The van der Waals surface area contributed by atoms with Crippen LogP contribution in [0.15, 0.2) is 52.9 Å². The number of furan rings is 1. The number of nitrogens with zero attached hydrogens (tertiary/aromatic N) is 1. The summed E-state index contributed by atoms with van der Waals surface area (Å²) >= 11 is 1.39. The molecule has 0 fully saturated rings. The first kappa shape index (κ1) is 22.3. The Morgan fingerprint density at radius 2 is 1.76 bits per heavy atom. The van der Waals surface area contributed by atoms with Crippen LogP contribution in [0.2, 0.25) is 0 Å². The zero-order valence-electron chi connectivity index (χ0n) is 18.3. The number of anilines is 1. The van der Waals surface area contributed by atoms with Gasteiger partial charge < -0.3 is 18.6 Å². The van der Waals surface area contributed by atoms with Crippen molar-refractivity contribution < 1.29 is 28.2 Å². The summed E-state index contributed by atoms with van der Waals surface area (Å²) in [6.07, 6.45) is 0. The maximum absolute atomic E-state index is 12.7. The van der Waals surface area contributed by atoms with E-state index in [1.165, 1.54) is 18.4 Å². The molecule has 2 heterocycles. The number of nitrogens with one attached hydrogen (secondary N) is 1. The van der Waals surface area contributed by atoms with Crippen molar-refractivity contribution in [1.29, 1.82) is 0 Å². The van der Waals surface area contributed by atoms with Crippen LogP contribution in [0.1, 0.15) is 23.0 Å². The molecule has 8 nitrogen and oxygen atoms in total. The van der Waals surface area contributed by atoms with Crippen molar-refractivity contribution in [2.75, 3.05) is 25.6 Å². The third-order valence-corrected chi connectivity index (χ3v) is 5.80. The molecule has 0 unspecified atom stereocenters. The first-order chi connectivity index (χ1) is 16.0. The minimum absolute atomic E-state index is 0.110. The Bertz CT molecular complexity index is 1280. The molecule has 1 amide bonds. The van der Waals surface area contributed by atoms with Gasteiger partial charge in [-0.1, -0.05) is 24.3 Å². The van der Waals surface area contributed by atoms with Gasteiger partial charge in [0.15, 0.2) is 18.1 Å². The minimum atomic E-state index is -0.576. The number of hydrogen-bond acceptors (Lipinski definition) is 8. The van der Waals surface area contributed by atoms with Crippen LogP contribution in [0.5, 0.6) is 11.5 Å². The van der Waals surface area contributed by atoms with E-state index < -0.39 is 11.9 Å². The van der Waals surface area contributed by atoms with Crippen molar-refractivity contribution >= 4 is 39.3 Å². The normalized spacial score (nSPS) is 10.8. The van der Waals surface area contributed by atoms with E-state index in [-0.39, 0.29) is 18.1 Å². The van der Waals surface area contributed by atoms with Crippen molar-refractivity contribution in [3.05, 3.63) is 59.9 Å². The van der Waals surface area contributed by atoms with Gasteiger partial charge in [-0.2, -0.15) is 0 Å². The summed E-state index contributed by atoms with van der Waals surface area (Å²) in [6.45, 7) is 3.69. The van der Waals surface area contributed by atoms with Crippen LogP contribution < -0.4 is 14.8 Å². The molecule has 4 aromatic rings. The van der Waals surface area contributed by atoms with Crippen LogP contribution in [0.4, 0.5) is 5.88 Å².